The highest BCUT2D eigenvalue weighted by molar-refractivity contribution is 14.1. The van der Waals surface area contributed by atoms with E-state index in [-0.39, 0.29) is 11.4 Å². The molecule has 0 fully saturated rings. The molecule has 0 spiro atoms. The van der Waals surface area contributed by atoms with Crippen molar-refractivity contribution in [2.75, 3.05) is 0 Å². The molecule has 0 bridgehead atoms. The van der Waals surface area contributed by atoms with Crippen LogP contribution in [0.25, 0.3) is 5.57 Å². The summed E-state index contributed by atoms with van der Waals surface area (Å²) in [6.45, 7) is 0. The summed E-state index contributed by atoms with van der Waals surface area (Å²) < 4.78 is 1.58. The number of Topliss-reactive ketones (excluding diaryl/α,β-unsaturated/α-hetero) is 1. The summed E-state index contributed by atoms with van der Waals surface area (Å²) in [6.07, 6.45) is 0. The van der Waals surface area contributed by atoms with E-state index >= 15 is 0 Å². The lowest BCUT2D eigenvalue weighted by molar-refractivity contribution is 0.104. The first-order valence-electron chi connectivity index (χ1n) is 4.93. The van der Waals surface area contributed by atoms with E-state index in [1.165, 1.54) is 0 Å². The van der Waals surface area contributed by atoms with Crippen LogP contribution in [-0.2, 0) is 0 Å². The van der Waals surface area contributed by atoms with E-state index in [2.05, 4.69) is 0 Å². The number of hydrogen-bond donors (Lipinski definition) is 0. The molecule has 2 rings (SSSR count). The van der Waals surface area contributed by atoms with Crippen molar-refractivity contribution in [1.82, 2.24) is 0 Å². The predicted octanol–water partition coefficient (Wildman–Crippen LogP) is 1.80. The fourth-order valence-electron chi connectivity index (χ4n) is 1.88. The average Bonchev–Trinajstić information content (AvgIpc) is 2.64. The Morgan fingerprint density at radius 1 is 1.28 bits per heavy atom. The smallest absolute Gasteiger partial charge is 0.194 e. The summed E-state index contributed by atoms with van der Waals surface area (Å²) in [5.74, 6) is -0.204. The van der Waals surface area contributed by atoms with Crippen LogP contribution in [-0.4, -0.2) is 13.6 Å². The van der Waals surface area contributed by atoms with Crippen molar-refractivity contribution < 1.29 is 4.79 Å². The molecule has 3 nitrogen and oxygen atoms in total. The minimum Gasteiger partial charge on any atom is -0.289 e. The molecule has 0 N–H and O–H groups in total. The largest absolute Gasteiger partial charge is 0.289 e. The SMILES string of the molecule is [B]c1ccc2c(c1)C(=O)/C(=C\I)C2=C(C#N)C#N. The van der Waals surface area contributed by atoms with Gasteiger partial charge >= 0.3 is 0 Å². The number of ketones is 1. The van der Waals surface area contributed by atoms with Gasteiger partial charge in [0.2, 0.25) is 0 Å². The van der Waals surface area contributed by atoms with Crippen molar-refractivity contribution >= 4 is 47.3 Å². The Kier molecular flexibility index (Phi) is 3.35. The molecule has 82 valence electrons. The number of carbonyl (C=O) groups excluding carboxylic acids is 1. The van der Waals surface area contributed by atoms with Gasteiger partial charge in [-0.2, -0.15) is 10.5 Å². The first-order valence-corrected chi connectivity index (χ1v) is 6.18. The van der Waals surface area contributed by atoms with E-state index in [0.717, 1.165) is 0 Å². The summed E-state index contributed by atoms with van der Waals surface area (Å²) in [4.78, 5) is 12.1. The zero-order valence-electron chi connectivity index (χ0n) is 9.07. The maximum atomic E-state index is 12.1. The Hall–Kier alpha value is -1.86. The second kappa shape index (κ2) is 4.79. The molecule has 0 unspecified atom stereocenters. The van der Waals surface area contributed by atoms with Gasteiger partial charge in [0.05, 0.1) is 0 Å². The van der Waals surface area contributed by atoms with E-state index < -0.39 is 0 Å². The van der Waals surface area contributed by atoms with Gasteiger partial charge in [0.15, 0.2) is 5.78 Å². The molecule has 0 amide bonds. The number of carbonyl (C=O) groups is 1. The Morgan fingerprint density at radius 3 is 2.50 bits per heavy atom. The minimum atomic E-state index is -0.204. The number of benzene rings is 1. The molecule has 0 aliphatic heterocycles. The summed E-state index contributed by atoms with van der Waals surface area (Å²) >= 11 is 1.93. The van der Waals surface area contributed by atoms with Gasteiger partial charge < -0.3 is 0 Å². The van der Waals surface area contributed by atoms with Crippen LogP contribution in [0.2, 0.25) is 0 Å². The van der Waals surface area contributed by atoms with Gasteiger partial charge in [0.1, 0.15) is 25.6 Å². The normalized spacial score (nSPS) is 15.2. The Labute approximate surface area is 119 Å². The van der Waals surface area contributed by atoms with Crippen molar-refractivity contribution in [2.45, 2.75) is 0 Å². The van der Waals surface area contributed by atoms with E-state index in [9.17, 15) is 4.79 Å². The third kappa shape index (κ3) is 1.77. The highest BCUT2D eigenvalue weighted by Crippen LogP contribution is 2.38. The molecule has 0 heterocycles. The van der Waals surface area contributed by atoms with Crippen molar-refractivity contribution in [3.63, 3.8) is 0 Å². The van der Waals surface area contributed by atoms with Gasteiger partial charge in [-0.3, -0.25) is 4.79 Å². The van der Waals surface area contributed by atoms with Crippen LogP contribution >= 0.6 is 22.6 Å². The molecule has 5 heteroatoms. The van der Waals surface area contributed by atoms with Gasteiger partial charge in [-0.25, -0.2) is 0 Å². The lowest BCUT2D eigenvalue weighted by atomic mass is 9.92. The van der Waals surface area contributed by atoms with Crippen LogP contribution < -0.4 is 5.46 Å². The molecular formula is C13H4BIN2O. The van der Waals surface area contributed by atoms with Crippen molar-refractivity contribution in [1.29, 1.82) is 10.5 Å². The predicted molar refractivity (Wildman–Crippen MR) is 76.4 cm³/mol. The maximum absolute atomic E-state index is 12.1. The lowest BCUT2D eigenvalue weighted by Gasteiger charge is -2.01. The second-order valence-electron chi connectivity index (χ2n) is 3.63. The topological polar surface area (TPSA) is 64.7 Å². The molecule has 1 aromatic carbocycles. The van der Waals surface area contributed by atoms with E-state index in [0.29, 0.717) is 27.7 Å². The van der Waals surface area contributed by atoms with Crippen LogP contribution in [0.4, 0.5) is 0 Å². The third-order valence-electron chi connectivity index (χ3n) is 2.65. The second-order valence-corrected chi connectivity index (χ2v) is 4.25. The van der Waals surface area contributed by atoms with E-state index in [1.54, 1.807) is 22.3 Å². The fraction of sp³-hybridized carbons (Fsp3) is 0. The van der Waals surface area contributed by atoms with Crippen LogP contribution in [0.15, 0.2) is 33.4 Å². The molecular weight excluding hydrogens is 338 g/mol. The Balaban J connectivity index is 2.87. The van der Waals surface area contributed by atoms with Crippen molar-refractivity contribution in [3.05, 3.63) is 44.6 Å². The van der Waals surface area contributed by atoms with Gasteiger partial charge in [-0.05, 0) is 9.65 Å². The number of rotatable bonds is 0. The molecule has 0 saturated heterocycles. The molecule has 1 aliphatic rings. The summed E-state index contributed by atoms with van der Waals surface area (Å²) in [6, 6.07) is 8.53. The Morgan fingerprint density at radius 2 is 1.94 bits per heavy atom. The standard InChI is InChI=1S/C13H4BIN2O/c14-8-1-2-9-10(3-8)13(18)11(4-15)12(9)7(5-16)6-17/h1-4H/b11-4-. The Bertz CT molecular complexity index is 689. The van der Waals surface area contributed by atoms with Crippen molar-refractivity contribution in [3.8, 4) is 12.1 Å². The van der Waals surface area contributed by atoms with E-state index in [1.807, 2.05) is 34.7 Å². The van der Waals surface area contributed by atoms with Crippen LogP contribution in [0.5, 0.6) is 0 Å². The summed E-state index contributed by atoms with van der Waals surface area (Å²) in [5.41, 5.74) is 2.22. The van der Waals surface area contributed by atoms with Crippen molar-refractivity contribution in [2.24, 2.45) is 0 Å². The van der Waals surface area contributed by atoms with Gasteiger partial charge in [-0.1, -0.05) is 46.3 Å². The molecule has 18 heavy (non-hydrogen) atoms. The number of hydrogen-bond acceptors (Lipinski definition) is 3. The summed E-state index contributed by atoms with van der Waals surface area (Å²) in [5, 5.41) is 17.9. The van der Waals surface area contributed by atoms with Gasteiger partial charge in [0, 0.05) is 16.7 Å². The summed E-state index contributed by atoms with van der Waals surface area (Å²) in [7, 11) is 5.65. The highest BCUT2D eigenvalue weighted by atomic mass is 127. The lowest BCUT2D eigenvalue weighted by Crippen LogP contribution is -2.05. The molecule has 1 aliphatic carbocycles. The van der Waals surface area contributed by atoms with Gasteiger partial charge in [0.25, 0.3) is 0 Å². The maximum Gasteiger partial charge on any atom is 0.194 e. The number of allylic oxidation sites excluding steroid dienone is 3. The average molecular weight is 342 g/mol. The van der Waals surface area contributed by atoms with Crippen LogP contribution in [0.3, 0.4) is 0 Å². The third-order valence-corrected chi connectivity index (χ3v) is 3.28. The number of nitrogens with zero attached hydrogens (tertiary/aromatic N) is 2. The molecule has 0 atom stereocenters. The molecule has 0 aromatic heterocycles. The molecule has 1 aromatic rings. The van der Waals surface area contributed by atoms with Crippen LogP contribution in [0, 0.1) is 22.7 Å². The molecule has 0 saturated carbocycles. The van der Waals surface area contributed by atoms with E-state index in [4.69, 9.17) is 18.4 Å². The number of nitriles is 2. The van der Waals surface area contributed by atoms with Crippen LogP contribution in [0.1, 0.15) is 15.9 Å². The number of fused-ring (bicyclic) bond motifs is 1. The minimum absolute atomic E-state index is 0.0604. The zero-order valence-corrected chi connectivity index (χ0v) is 11.2. The first kappa shape index (κ1) is 12.6. The quantitative estimate of drug-likeness (QED) is 0.313. The van der Waals surface area contributed by atoms with Gasteiger partial charge in [-0.15, -0.1) is 0 Å². The molecule has 2 radical (unpaired) electrons. The monoisotopic (exact) mass is 342 g/mol. The first-order chi connectivity index (χ1) is 8.63. The highest BCUT2D eigenvalue weighted by Gasteiger charge is 2.31. The zero-order chi connectivity index (χ0) is 13.3. The number of halogens is 1. The fourth-order valence-corrected chi connectivity index (χ4v) is 2.48.